The minimum atomic E-state index is 1.10. The topological polar surface area (TPSA) is 12.9 Å². The molecule has 1 aromatic rings. The highest BCUT2D eigenvalue weighted by Crippen LogP contribution is 2.35. The van der Waals surface area contributed by atoms with E-state index in [1.165, 1.54) is 28.0 Å². The Bertz CT molecular complexity index is 489. The first-order chi connectivity index (χ1) is 7.59. The summed E-state index contributed by atoms with van der Waals surface area (Å²) >= 11 is 1.75. The Kier molecular flexibility index (Phi) is 3.10. The fraction of sp³-hybridized carbons (Fsp3) is 0.357. The van der Waals surface area contributed by atoms with Crippen molar-refractivity contribution < 1.29 is 0 Å². The Hall–Kier alpha value is -1.15. The summed E-state index contributed by atoms with van der Waals surface area (Å²) in [5, 5.41) is 1.14. The minimum absolute atomic E-state index is 1.10. The van der Waals surface area contributed by atoms with Crippen molar-refractivity contribution in [2.75, 3.05) is 0 Å². The summed E-state index contributed by atoms with van der Waals surface area (Å²) < 4.78 is 0. The lowest BCUT2D eigenvalue weighted by molar-refractivity contribution is 0.952. The van der Waals surface area contributed by atoms with E-state index in [1.807, 2.05) is 13.1 Å². The van der Waals surface area contributed by atoms with E-state index >= 15 is 0 Å². The molecule has 0 amide bonds. The normalized spacial score (nSPS) is 16.3. The van der Waals surface area contributed by atoms with E-state index < -0.39 is 0 Å². The van der Waals surface area contributed by atoms with Crippen LogP contribution in [0.15, 0.2) is 30.0 Å². The molecular formula is C14H17NS. The van der Waals surface area contributed by atoms with Crippen molar-refractivity contribution in [2.24, 2.45) is 0 Å². The van der Waals surface area contributed by atoms with E-state index in [0.717, 1.165) is 17.0 Å². The van der Waals surface area contributed by atoms with Crippen LogP contribution in [0.2, 0.25) is 0 Å². The van der Waals surface area contributed by atoms with Crippen molar-refractivity contribution in [1.82, 2.24) is 4.98 Å². The molecule has 0 N–H and O–H groups in total. The van der Waals surface area contributed by atoms with Gasteiger partial charge in [0.2, 0.25) is 0 Å². The second kappa shape index (κ2) is 4.38. The average molecular weight is 231 g/mol. The Morgan fingerprint density at radius 1 is 1.44 bits per heavy atom. The number of hydrogen-bond acceptors (Lipinski definition) is 2. The van der Waals surface area contributed by atoms with Crippen LogP contribution >= 0.6 is 11.3 Å². The average Bonchev–Trinajstić information content (AvgIpc) is 2.66. The van der Waals surface area contributed by atoms with Crippen LogP contribution in [0.25, 0.3) is 11.1 Å². The first-order valence-corrected chi connectivity index (χ1v) is 6.40. The molecule has 1 aromatic heterocycles. The maximum Gasteiger partial charge on any atom is 0.124 e. The van der Waals surface area contributed by atoms with Crippen LogP contribution in [0.1, 0.15) is 43.5 Å². The monoisotopic (exact) mass is 231 g/mol. The Morgan fingerprint density at radius 3 is 2.75 bits per heavy atom. The number of thiazole rings is 1. The van der Waals surface area contributed by atoms with Crippen molar-refractivity contribution in [3.63, 3.8) is 0 Å². The van der Waals surface area contributed by atoms with Gasteiger partial charge in [0.25, 0.3) is 0 Å². The van der Waals surface area contributed by atoms with Gasteiger partial charge < -0.3 is 0 Å². The summed E-state index contributed by atoms with van der Waals surface area (Å²) in [6.07, 6.45) is 6.57. The van der Waals surface area contributed by atoms with Crippen molar-refractivity contribution in [1.29, 1.82) is 0 Å². The van der Waals surface area contributed by atoms with E-state index in [2.05, 4.69) is 31.5 Å². The zero-order valence-corrected chi connectivity index (χ0v) is 10.9. The largest absolute Gasteiger partial charge is 0.244 e. The zero-order chi connectivity index (χ0) is 11.7. The minimum Gasteiger partial charge on any atom is -0.244 e. The molecule has 0 fully saturated rings. The Balaban J connectivity index is 2.43. The molecule has 0 atom stereocenters. The molecule has 1 aliphatic rings. The summed E-state index contributed by atoms with van der Waals surface area (Å²) in [5.41, 5.74) is 5.28. The molecule has 2 heteroatoms. The predicted molar refractivity (Wildman–Crippen MR) is 72.4 cm³/mol. The van der Waals surface area contributed by atoms with Gasteiger partial charge in [-0.2, -0.15) is 0 Å². The molecular weight excluding hydrogens is 214 g/mol. The molecule has 2 rings (SSSR count). The van der Waals surface area contributed by atoms with E-state index in [4.69, 9.17) is 0 Å². The van der Waals surface area contributed by atoms with Gasteiger partial charge >= 0.3 is 0 Å². The molecule has 1 heterocycles. The zero-order valence-electron chi connectivity index (χ0n) is 10.1. The fourth-order valence-corrected chi connectivity index (χ4v) is 3.04. The lowest BCUT2D eigenvalue weighted by Crippen LogP contribution is -1.96. The van der Waals surface area contributed by atoms with Gasteiger partial charge in [-0.05, 0) is 44.8 Å². The van der Waals surface area contributed by atoms with Gasteiger partial charge in [-0.3, -0.25) is 0 Å². The lowest BCUT2D eigenvalue weighted by atomic mass is 9.93. The first-order valence-electron chi connectivity index (χ1n) is 5.58. The molecule has 0 radical (unpaired) electrons. The van der Waals surface area contributed by atoms with E-state index in [9.17, 15) is 0 Å². The first kappa shape index (κ1) is 11.3. The number of aromatic nitrogens is 1. The third kappa shape index (κ3) is 2.03. The molecule has 1 aliphatic carbocycles. The van der Waals surface area contributed by atoms with Crippen molar-refractivity contribution in [3.8, 4) is 0 Å². The fourth-order valence-electron chi connectivity index (χ4n) is 2.01. The van der Waals surface area contributed by atoms with Crippen molar-refractivity contribution >= 4 is 22.5 Å². The smallest absolute Gasteiger partial charge is 0.124 e. The van der Waals surface area contributed by atoms with E-state index in [1.54, 1.807) is 11.3 Å². The van der Waals surface area contributed by atoms with Gasteiger partial charge in [0.05, 0.1) is 0 Å². The molecule has 0 unspecified atom stereocenters. The van der Waals surface area contributed by atoms with Gasteiger partial charge in [0, 0.05) is 16.6 Å². The maximum absolute atomic E-state index is 4.52. The summed E-state index contributed by atoms with van der Waals surface area (Å²) in [7, 11) is 0. The van der Waals surface area contributed by atoms with Crippen LogP contribution in [0.5, 0.6) is 0 Å². The van der Waals surface area contributed by atoms with Gasteiger partial charge in [-0.25, -0.2) is 4.98 Å². The predicted octanol–water partition coefficient (Wildman–Crippen LogP) is 4.69. The molecule has 84 valence electrons. The molecule has 0 aromatic carbocycles. The quantitative estimate of drug-likeness (QED) is 0.719. The van der Waals surface area contributed by atoms with Crippen LogP contribution in [0.3, 0.4) is 0 Å². The van der Waals surface area contributed by atoms with Crippen LogP contribution in [-0.4, -0.2) is 4.98 Å². The third-order valence-electron chi connectivity index (χ3n) is 2.93. The SMILES string of the molecule is C=C(C)c1cnc(C2=C(C)CCC=C2C)s1. The summed E-state index contributed by atoms with van der Waals surface area (Å²) in [4.78, 5) is 5.71. The Labute approximate surface area is 101 Å². The molecule has 0 saturated heterocycles. The molecule has 0 bridgehead atoms. The maximum atomic E-state index is 4.52. The molecule has 0 spiro atoms. The summed E-state index contributed by atoms with van der Waals surface area (Å²) in [5.74, 6) is 0. The molecule has 16 heavy (non-hydrogen) atoms. The lowest BCUT2D eigenvalue weighted by Gasteiger charge is -2.15. The number of allylic oxidation sites excluding steroid dienone is 5. The highest BCUT2D eigenvalue weighted by Gasteiger charge is 2.15. The number of hydrogen-bond donors (Lipinski definition) is 0. The summed E-state index contributed by atoms with van der Waals surface area (Å²) in [6, 6.07) is 0. The number of rotatable bonds is 2. The van der Waals surface area contributed by atoms with Crippen LogP contribution in [0.4, 0.5) is 0 Å². The molecule has 0 aliphatic heterocycles. The standard InChI is InChI=1S/C14H17NS/c1-9(2)12-8-15-14(16-12)13-10(3)6-5-7-11(13)4/h6,8H,1,5,7H2,2-4H3. The van der Waals surface area contributed by atoms with E-state index in [0.29, 0.717) is 0 Å². The van der Waals surface area contributed by atoms with Crippen molar-refractivity contribution in [3.05, 3.63) is 39.9 Å². The van der Waals surface area contributed by atoms with Crippen LogP contribution < -0.4 is 0 Å². The van der Waals surface area contributed by atoms with Gasteiger partial charge in [0.1, 0.15) is 5.01 Å². The number of nitrogens with zero attached hydrogens (tertiary/aromatic N) is 1. The molecule has 1 nitrogen and oxygen atoms in total. The second-order valence-electron chi connectivity index (χ2n) is 4.39. The highest BCUT2D eigenvalue weighted by atomic mass is 32.1. The van der Waals surface area contributed by atoms with Crippen molar-refractivity contribution in [2.45, 2.75) is 33.6 Å². The summed E-state index contributed by atoms with van der Waals surface area (Å²) in [6.45, 7) is 10.4. The van der Waals surface area contributed by atoms with Gasteiger partial charge in [-0.15, -0.1) is 11.3 Å². The second-order valence-corrected chi connectivity index (χ2v) is 5.42. The van der Waals surface area contributed by atoms with Crippen LogP contribution in [-0.2, 0) is 0 Å². The van der Waals surface area contributed by atoms with E-state index in [-0.39, 0.29) is 0 Å². The third-order valence-corrected chi connectivity index (χ3v) is 4.11. The van der Waals surface area contributed by atoms with Gasteiger partial charge in [0.15, 0.2) is 0 Å². The molecule has 0 saturated carbocycles. The Morgan fingerprint density at radius 2 is 2.19 bits per heavy atom. The highest BCUT2D eigenvalue weighted by molar-refractivity contribution is 7.13. The van der Waals surface area contributed by atoms with Crippen LogP contribution in [0, 0.1) is 0 Å². The van der Waals surface area contributed by atoms with Gasteiger partial charge in [-0.1, -0.05) is 18.2 Å².